The van der Waals surface area contributed by atoms with Gasteiger partial charge < -0.3 is 21.1 Å². The lowest BCUT2D eigenvalue weighted by Crippen LogP contribution is -2.49. The van der Waals surface area contributed by atoms with Gasteiger partial charge in [0, 0.05) is 25.2 Å². The molecule has 1 aliphatic rings. The first-order valence-corrected chi connectivity index (χ1v) is 6.90. The van der Waals surface area contributed by atoms with Crippen LogP contribution in [0.1, 0.15) is 22.8 Å². The average Bonchev–Trinajstić information content (AvgIpc) is 2.85. The van der Waals surface area contributed by atoms with Crippen LogP contribution < -0.4 is 16.4 Å². The molecule has 1 saturated heterocycles. The molecular weight excluding hydrogens is 270 g/mol. The summed E-state index contributed by atoms with van der Waals surface area (Å²) in [6.07, 6.45) is 0. The molecule has 0 bridgehead atoms. The molecular formula is C15H21N3O3. The predicted octanol–water partition coefficient (Wildman–Crippen LogP) is 0.0262. The summed E-state index contributed by atoms with van der Waals surface area (Å²) in [6.45, 7) is 2.96. The van der Waals surface area contributed by atoms with Gasteiger partial charge >= 0.3 is 0 Å². The van der Waals surface area contributed by atoms with Crippen molar-refractivity contribution < 1.29 is 14.3 Å². The number of amides is 2. The average molecular weight is 291 g/mol. The van der Waals surface area contributed by atoms with E-state index in [0.717, 1.165) is 5.56 Å². The Hall–Kier alpha value is -1.92. The van der Waals surface area contributed by atoms with Gasteiger partial charge in [0.05, 0.1) is 18.6 Å². The molecule has 1 heterocycles. The topological polar surface area (TPSA) is 93.5 Å². The first-order chi connectivity index (χ1) is 9.97. The van der Waals surface area contributed by atoms with Gasteiger partial charge in [-0.15, -0.1) is 0 Å². The number of ether oxygens (including phenoxy) is 1. The van der Waals surface area contributed by atoms with E-state index in [1.165, 1.54) is 0 Å². The Labute approximate surface area is 124 Å². The van der Waals surface area contributed by atoms with Crippen molar-refractivity contribution in [2.24, 2.45) is 11.1 Å². The van der Waals surface area contributed by atoms with E-state index in [1.54, 1.807) is 19.2 Å². The van der Waals surface area contributed by atoms with Crippen LogP contribution in [0.15, 0.2) is 24.3 Å². The van der Waals surface area contributed by atoms with E-state index in [-0.39, 0.29) is 17.9 Å². The van der Waals surface area contributed by atoms with Crippen LogP contribution in [0.4, 0.5) is 0 Å². The molecule has 2 unspecified atom stereocenters. The third-order valence-corrected chi connectivity index (χ3v) is 3.93. The maximum absolute atomic E-state index is 12.2. The quantitative estimate of drug-likeness (QED) is 0.729. The molecule has 4 N–H and O–H groups in total. The van der Waals surface area contributed by atoms with Crippen LogP contribution in [0.25, 0.3) is 0 Å². The number of carbonyl (C=O) groups excluding carboxylic acids is 2. The molecule has 0 saturated carbocycles. The standard InChI is InChI=1S/C15H21N3O3/c1-15(9-21-8-12(15)16)14(20)18-7-10-3-5-11(6-4-10)13(19)17-2/h3-6,12H,7-9,16H2,1-2H3,(H,17,19)(H,18,20). The number of rotatable bonds is 4. The van der Waals surface area contributed by atoms with Crippen LogP contribution in [0.5, 0.6) is 0 Å². The van der Waals surface area contributed by atoms with Crippen LogP contribution in [0.3, 0.4) is 0 Å². The van der Waals surface area contributed by atoms with Crippen molar-refractivity contribution >= 4 is 11.8 Å². The van der Waals surface area contributed by atoms with Crippen LogP contribution in [0, 0.1) is 5.41 Å². The number of nitrogens with one attached hydrogen (secondary N) is 2. The zero-order chi connectivity index (χ0) is 15.5. The van der Waals surface area contributed by atoms with Gasteiger partial charge in [-0.1, -0.05) is 12.1 Å². The zero-order valence-corrected chi connectivity index (χ0v) is 12.3. The molecule has 0 spiro atoms. The number of hydrogen-bond acceptors (Lipinski definition) is 4. The van der Waals surface area contributed by atoms with E-state index >= 15 is 0 Å². The van der Waals surface area contributed by atoms with E-state index in [4.69, 9.17) is 10.5 Å². The molecule has 1 aliphatic heterocycles. The molecule has 1 aromatic rings. The van der Waals surface area contributed by atoms with E-state index in [9.17, 15) is 9.59 Å². The van der Waals surface area contributed by atoms with Gasteiger partial charge in [0.1, 0.15) is 0 Å². The molecule has 0 aromatic heterocycles. The van der Waals surface area contributed by atoms with E-state index in [1.807, 2.05) is 19.1 Å². The summed E-state index contributed by atoms with van der Waals surface area (Å²) in [6, 6.07) is 6.81. The number of benzene rings is 1. The maximum Gasteiger partial charge on any atom is 0.251 e. The molecule has 1 aromatic carbocycles. The SMILES string of the molecule is CNC(=O)c1ccc(CNC(=O)C2(C)COCC2N)cc1. The number of carbonyl (C=O) groups is 2. The molecule has 1 fully saturated rings. The molecule has 2 amide bonds. The Bertz CT molecular complexity index is 529. The highest BCUT2D eigenvalue weighted by atomic mass is 16.5. The third-order valence-electron chi connectivity index (χ3n) is 3.93. The van der Waals surface area contributed by atoms with Gasteiger partial charge in [-0.3, -0.25) is 9.59 Å². The Morgan fingerprint density at radius 3 is 2.57 bits per heavy atom. The Balaban J connectivity index is 1.94. The summed E-state index contributed by atoms with van der Waals surface area (Å²) in [5, 5.41) is 5.44. The van der Waals surface area contributed by atoms with E-state index in [0.29, 0.717) is 25.3 Å². The van der Waals surface area contributed by atoms with Gasteiger partial charge in [-0.25, -0.2) is 0 Å². The van der Waals surface area contributed by atoms with Gasteiger partial charge in [0.2, 0.25) is 5.91 Å². The van der Waals surface area contributed by atoms with Crippen molar-refractivity contribution in [1.82, 2.24) is 10.6 Å². The largest absolute Gasteiger partial charge is 0.379 e. The molecule has 6 heteroatoms. The fourth-order valence-corrected chi connectivity index (χ4v) is 2.23. The third kappa shape index (κ3) is 3.22. The Morgan fingerprint density at radius 1 is 1.38 bits per heavy atom. The fraction of sp³-hybridized carbons (Fsp3) is 0.467. The van der Waals surface area contributed by atoms with Crippen molar-refractivity contribution in [3.8, 4) is 0 Å². The monoisotopic (exact) mass is 291 g/mol. The van der Waals surface area contributed by atoms with Crippen LogP contribution in [-0.4, -0.2) is 38.1 Å². The van der Waals surface area contributed by atoms with Crippen molar-refractivity contribution in [2.45, 2.75) is 19.5 Å². The second-order valence-corrected chi connectivity index (χ2v) is 5.50. The molecule has 0 radical (unpaired) electrons. The minimum Gasteiger partial charge on any atom is -0.379 e. The Morgan fingerprint density at radius 2 is 2.05 bits per heavy atom. The van der Waals surface area contributed by atoms with Crippen LogP contribution in [0.2, 0.25) is 0 Å². The lowest BCUT2D eigenvalue weighted by atomic mass is 9.85. The van der Waals surface area contributed by atoms with Gasteiger partial charge in [0.25, 0.3) is 5.91 Å². The van der Waals surface area contributed by atoms with Gasteiger partial charge in [0.15, 0.2) is 0 Å². The number of hydrogen-bond donors (Lipinski definition) is 3. The molecule has 6 nitrogen and oxygen atoms in total. The zero-order valence-electron chi connectivity index (χ0n) is 12.3. The summed E-state index contributed by atoms with van der Waals surface area (Å²) < 4.78 is 5.27. The Kier molecular flexibility index (Phi) is 4.59. The lowest BCUT2D eigenvalue weighted by molar-refractivity contribution is -0.130. The van der Waals surface area contributed by atoms with Crippen LogP contribution >= 0.6 is 0 Å². The van der Waals surface area contributed by atoms with Crippen molar-refractivity contribution in [1.29, 1.82) is 0 Å². The van der Waals surface area contributed by atoms with Gasteiger partial charge in [-0.2, -0.15) is 0 Å². The van der Waals surface area contributed by atoms with E-state index in [2.05, 4.69) is 10.6 Å². The summed E-state index contributed by atoms with van der Waals surface area (Å²) in [5.41, 5.74) is 6.75. The summed E-state index contributed by atoms with van der Waals surface area (Å²) in [7, 11) is 1.59. The first-order valence-electron chi connectivity index (χ1n) is 6.90. The molecule has 2 atom stereocenters. The minimum atomic E-state index is -0.679. The minimum absolute atomic E-state index is 0.108. The maximum atomic E-state index is 12.2. The first kappa shape index (κ1) is 15.5. The fourth-order valence-electron chi connectivity index (χ4n) is 2.23. The van der Waals surface area contributed by atoms with Crippen molar-refractivity contribution in [3.63, 3.8) is 0 Å². The summed E-state index contributed by atoms with van der Waals surface area (Å²) in [4.78, 5) is 23.7. The molecule has 114 valence electrons. The molecule has 0 aliphatic carbocycles. The second-order valence-electron chi connectivity index (χ2n) is 5.50. The number of nitrogens with two attached hydrogens (primary N) is 1. The highest BCUT2D eigenvalue weighted by Crippen LogP contribution is 2.27. The normalized spacial score (nSPS) is 24.6. The molecule has 21 heavy (non-hydrogen) atoms. The lowest BCUT2D eigenvalue weighted by Gasteiger charge is -2.25. The van der Waals surface area contributed by atoms with Crippen molar-refractivity contribution in [2.75, 3.05) is 20.3 Å². The second kappa shape index (κ2) is 6.24. The van der Waals surface area contributed by atoms with E-state index < -0.39 is 5.41 Å². The molecule has 2 rings (SSSR count). The summed E-state index contributed by atoms with van der Waals surface area (Å²) in [5.74, 6) is -0.241. The highest BCUT2D eigenvalue weighted by molar-refractivity contribution is 5.93. The predicted molar refractivity (Wildman–Crippen MR) is 78.6 cm³/mol. The summed E-state index contributed by atoms with van der Waals surface area (Å²) >= 11 is 0. The highest BCUT2D eigenvalue weighted by Gasteiger charge is 2.44. The van der Waals surface area contributed by atoms with Gasteiger partial charge in [-0.05, 0) is 24.6 Å². The van der Waals surface area contributed by atoms with Crippen LogP contribution in [-0.2, 0) is 16.1 Å². The smallest absolute Gasteiger partial charge is 0.251 e. The van der Waals surface area contributed by atoms with Crippen molar-refractivity contribution in [3.05, 3.63) is 35.4 Å².